The Labute approximate surface area is 201 Å². The molecule has 174 valence electrons. The van der Waals surface area contributed by atoms with Crippen molar-refractivity contribution in [1.29, 1.82) is 0 Å². The van der Waals surface area contributed by atoms with Crippen LogP contribution in [0.1, 0.15) is 22.3 Å². The zero-order chi connectivity index (χ0) is 23.5. The number of benzene rings is 2. The van der Waals surface area contributed by atoms with Gasteiger partial charge in [-0.3, -0.25) is 4.79 Å². The minimum atomic E-state index is -0.233. The molecule has 1 fully saturated rings. The molecule has 2 aromatic heterocycles. The summed E-state index contributed by atoms with van der Waals surface area (Å²) in [5.41, 5.74) is 1.37. The number of aliphatic hydroxyl groups is 1. The summed E-state index contributed by atoms with van der Waals surface area (Å²) in [4.78, 5) is 25.2. The summed E-state index contributed by atoms with van der Waals surface area (Å²) in [5.74, 6) is 1.94. The van der Waals surface area contributed by atoms with Crippen molar-refractivity contribution in [2.75, 3.05) is 25.0 Å². The van der Waals surface area contributed by atoms with Gasteiger partial charge in [0.15, 0.2) is 5.78 Å². The van der Waals surface area contributed by atoms with Gasteiger partial charge in [0, 0.05) is 37.0 Å². The zero-order valence-electron chi connectivity index (χ0n) is 18.3. The van der Waals surface area contributed by atoms with E-state index in [4.69, 9.17) is 16.3 Å². The number of halogens is 1. The predicted molar refractivity (Wildman–Crippen MR) is 131 cm³/mol. The monoisotopic (exact) mass is 477 g/mol. The normalized spacial score (nSPS) is 17.7. The first-order valence-corrected chi connectivity index (χ1v) is 11.5. The maximum Gasteiger partial charge on any atom is 0.196 e. The van der Waals surface area contributed by atoms with E-state index in [9.17, 15) is 9.90 Å². The van der Waals surface area contributed by atoms with Crippen molar-refractivity contribution >= 4 is 34.2 Å². The van der Waals surface area contributed by atoms with Crippen LogP contribution in [0.15, 0.2) is 61.1 Å². The van der Waals surface area contributed by atoms with Crippen LogP contribution >= 0.6 is 11.6 Å². The first kappa shape index (κ1) is 22.3. The van der Waals surface area contributed by atoms with Crippen molar-refractivity contribution in [3.8, 4) is 11.5 Å². The predicted octanol–water partition coefficient (Wildman–Crippen LogP) is 4.02. The van der Waals surface area contributed by atoms with Gasteiger partial charge in [0.1, 0.15) is 29.3 Å². The maximum atomic E-state index is 13.4. The number of ketones is 1. The lowest BCUT2D eigenvalue weighted by Gasteiger charge is -2.12. The van der Waals surface area contributed by atoms with E-state index in [-0.39, 0.29) is 18.4 Å². The number of hydrogen-bond acceptors (Lipinski definition) is 7. The first-order valence-electron chi connectivity index (χ1n) is 11.1. The van der Waals surface area contributed by atoms with Crippen LogP contribution in [-0.4, -0.2) is 51.6 Å². The summed E-state index contributed by atoms with van der Waals surface area (Å²) in [6, 6.07) is 14.5. The smallest absolute Gasteiger partial charge is 0.196 e. The van der Waals surface area contributed by atoms with Crippen molar-refractivity contribution < 1.29 is 14.6 Å². The lowest BCUT2D eigenvalue weighted by atomic mass is 10.0. The number of ether oxygens (including phenoxy) is 1. The third kappa shape index (κ3) is 4.61. The number of fused-ring (bicyclic) bond motifs is 1. The number of carbonyl (C=O) groups is 1. The fraction of sp³-hybridized carbons (Fsp3) is 0.240. The summed E-state index contributed by atoms with van der Waals surface area (Å²) >= 11 is 6.49. The molecule has 0 spiro atoms. The van der Waals surface area contributed by atoms with E-state index in [0.29, 0.717) is 57.0 Å². The zero-order valence-corrected chi connectivity index (χ0v) is 19.0. The molecule has 34 heavy (non-hydrogen) atoms. The number of rotatable bonds is 8. The van der Waals surface area contributed by atoms with Crippen LogP contribution in [0.5, 0.6) is 11.5 Å². The summed E-state index contributed by atoms with van der Waals surface area (Å²) in [7, 11) is 0. The van der Waals surface area contributed by atoms with Crippen molar-refractivity contribution in [2.45, 2.75) is 12.5 Å². The molecule has 2 atom stereocenters. The van der Waals surface area contributed by atoms with Gasteiger partial charge >= 0.3 is 0 Å². The highest BCUT2D eigenvalue weighted by atomic mass is 35.5. The molecule has 0 bridgehead atoms. The Morgan fingerprint density at radius 3 is 2.76 bits per heavy atom. The minimum Gasteiger partial charge on any atom is -0.457 e. The van der Waals surface area contributed by atoms with Gasteiger partial charge in [0.05, 0.1) is 22.6 Å². The molecule has 2 unspecified atom stereocenters. The second kappa shape index (κ2) is 9.80. The maximum absolute atomic E-state index is 13.4. The Bertz CT molecular complexity index is 1310. The van der Waals surface area contributed by atoms with Crippen LogP contribution in [0.3, 0.4) is 0 Å². The molecule has 0 aliphatic carbocycles. The molecular weight excluding hydrogens is 454 g/mol. The molecule has 4 aromatic rings. The van der Waals surface area contributed by atoms with E-state index in [1.54, 1.807) is 24.4 Å². The molecule has 1 aliphatic rings. The van der Waals surface area contributed by atoms with E-state index in [2.05, 4.69) is 25.6 Å². The fourth-order valence-electron chi connectivity index (χ4n) is 4.23. The minimum absolute atomic E-state index is 0.123. The Hall–Kier alpha value is -3.46. The van der Waals surface area contributed by atoms with Gasteiger partial charge in [0.25, 0.3) is 0 Å². The van der Waals surface area contributed by atoms with Crippen molar-refractivity contribution in [2.24, 2.45) is 5.92 Å². The molecule has 2 aromatic carbocycles. The van der Waals surface area contributed by atoms with Gasteiger partial charge in [-0.2, -0.15) is 0 Å². The lowest BCUT2D eigenvalue weighted by molar-refractivity contribution is 0.104. The average Bonchev–Trinajstić information content (AvgIpc) is 3.50. The number of aliphatic hydroxyl groups excluding tert-OH is 1. The number of hydrogen-bond donors (Lipinski definition) is 4. The Kier molecular flexibility index (Phi) is 6.44. The van der Waals surface area contributed by atoms with Gasteiger partial charge < -0.3 is 25.5 Å². The molecule has 1 aliphatic heterocycles. The first-order chi connectivity index (χ1) is 16.6. The molecule has 0 radical (unpaired) electrons. The highest BCUT2D eigenvalue weighted by Gasteiger charge is 2.25. The van der Waals surface area contributed by atoms with E-state index in [0.717, 1.165) is 13.0 Å². The van der Waals surface area contributed by atoms with Crippen LogP contribution in [0.2, 0.25) is 5.02 Å². The van der Waals surface area contributed by atoms with Crippen molar-refractivity contribution in [3.05, 3.63) is 77.2 Å². The molecule has 1 saturated heterocycles. The number of aromatic nitrogens is 3. The van der Waals surface area contributed by atoms with Crippen LogP contribution < -0.4 is 15.4 Å². The molecule has 8 nitrogen and oxygen atoms in total. The van der Waals surface area contributed by atoms with E-state index in [1.165, 1.54) is 6.33 Å². The van der Waals surface area contributed by atoms with Crippen molar-refractivity contribution in [3.63, 3.8) is 0 Å². The number of carbonyl (C=O) groups excluding carboxylic acids is 1. The second-order valence-corrected chi connectivity index (χ2v) is 8.71. The third-order valence-corrected chi connectivity index (χ3v) is 6.28. The largest absolute Gasteiger partial charge is 0.457 e. The Balaban J connectivity index is 1.38. The lowest BCUT2D eigenvalue weighted by Crippen LogP contribution is -2.24. The van der Waals surface area contributed by atoms with E-state index >= 15 is 0 Å². The Morgan fingerprint density at radius 1 is 1.15 bits per heavy atom. The number of nitrogens with zero attached hydrogens (tertiary/aromatic N) is 2. The number of anilines is 1. The number of H-pyrrole nitrogens is 1. The van der Waals surface area contributed by atoms with Crippen LogP contribution in [-0.2, 0) is 0 Å². The highest BCUT2D eigenvalue weighted by Crippen LogP contribution is 2.31. The van der Waals surface area contributed by atoms with Crippen LogP contribution in [0, 0.1) is 5.92 Å². The average molecular weight is 478 g/mol. The summed E-state index contributed by atoms with van der Waals surface area (Å²) in [6.07, 6.45) is 3.97. The summed E-state index contributed by atoms with van der Waals surface area (Å²) in [6.45, 7) is 1.61. The SMILES string of the molecule is O=C(c1ccc(Oc2ccccc2)cc1Cl)c1c[nH]c2ncnc(NCC3CNC(CO)C3)c12. The Morgan fingerprint density at radius 2 is 2.00 bits per heavy atom. The fourth-order valence-corrected chi connectivity index (χ4v) is 4.48. The van der Waals surface area contributed by atoms with Crippen LogP contribution in [0.25, 0.3) is 11.0 Å². The molecule has 0 amide bonds. The quantitative estimate of drug-likeness (QED) is 0.283. The molecule has 0 saturated carbocycles. The summed E-state index contributed by atoms with van der Waals surface area (Å²) < 4.78 is 5.82. The standard InChI is InChI=1S/C25H24ClN5O3/c26-21-9-18(34-17-4-2-1-3-5-17)6-7-19(21)23(33)20-12-29-25-22(20)24(30-14-31-25)28-11-15-8-16(13-32)27-10-15/h1-7,9,12,14-16,27,32H,8,10-11,13H2,(H2,28,29,30,31). The highest BCUT2D eigenvalue weighted by molar-refractivity contribution is 6.35. The topological polar surface area (TPSA) is 112 Å². The van der Waals surface area contributed by atoms with Gasteiger partial charge in [-0.1, -0.05) is 29.8 Å². The van der Waals surface area contributed by atoms with Gasteiger partial charge in [0.2, 0.25) is 0 Å². The van der Waals surface area contributed by atoms with Gasteiger partial charge in [-0.05, 0) is 36.6 Å². The molecule has 9 heteroatoms. The third-order valence-electron chi connectivity index (χ3n) is 5.97. The van der Waals surface area contributed by atoms with E-state index in [1.807, 2.05) is 30.3 Å². The van der Waals surface area contributed by atoms with Crippen molar-refractivity contribution in [1.82, 2.24) is 20.3 Å². The molecular formula is C25H24ClN5O3. The van der Waals surface area contributed by atoms with Gasteiger partial charge in [-0.15, -0.1) is 0 Å². The number of nitrogens with one attached hydrogen (secondary N) is 3. The van der Waals surface area contributed by atoms with Crippen LogP contribution in [0.4, 0.5) is 5.82 Å². The molecule has 5 rings (SSSR count). The molecule has 3 heterocycles. The number of aromatic amines is 1. The number of para-hydroxylation sites is 1. The second-order valence-electron chi connectivity index (χ2n) is 8.30. The van der Waals surface area contributed by atoms with Gasteiger partial charge in [-0.25, -0.2) is 9.97 Å². The van der Waals surface area contributed by atoms with E-state index < -0.39 is 0 Å². The molecule has 4 N–H and O–H groups in total. The summed E-state index contributed by atoms with van der Waals surface area (Å²) in [5, 5.41) is 16.9.